The molecule has 0 bridgehead atoms. The van der Waals surface area contributed by atoms with Gasteiger partial charge in [-0.1, -0.05) is 18.3 Å². The van der Waals surface area contributed by atoms with Crippen LogP contribution in [-0.4, -0.2) is 59.6 Å². The van der Waals surface area contributed by atoms with Crippen LogP contribution in [0.4, 0.5) is 4.39 Å². The van der Waals surface area contributed by atoms with Gasteiger partial charge in [-0.25, -0.2) is 4.39 Å². The van der Waals surface area contributed by atoms with E-state index < -0.39 is 0 Å². The van der Waals surface area contributed by atoms with Crippen LogP contribution in [-0.2, 0) is 20.9 Å². The summed E-state index contributed by atoms with van der Waals surface area (Å²) in [6, 6.07) is 4.53. The Morgan fingerprint density at radius 1 is 1.31 bits per heavy atom. The van der Waals surface area contributed by atoms with Crippen molar-refractivity contribution in [2.75, 3.05) is 38.3 Å². The molecule has 0 unspecified atom stereocenters. The van der Waals surface area contributed by atoms with Crippen LogP contribution < -0.4 is 4.80 Å². The van der Waals surface area contributed by atoms with Gasteiger partial charge in [-0.05, 0) is 37.0 Å². The third-order valence-corrected chi connectivity index (χ3v) is 6.91. The number of piperidine rings is 1. The topological polar surface area (TPSA) is 63.9 Å². The van der Waals surface area contributed by atoms with E-state index in [1.54, 1.807) is 13.2 Å². The second kappa shape index (κ2) is 10.4. The number of thioether (sulfide) groups is 1. The summed E-state index contributed by atoms with van der Waals surface area (Å²) in [6.07, 6.45) is 2.08. The minimum atomic E-state index is -0.323. The average Bonchev–Trinajstić information content (AvgIpc) is 3.02. The zero-order valence-electron chi connectivity index (χ0n) is 16.7. The fourth-order valence-electron chi connectivity index (χ4n) is 3.24. The van der Waals surface area contributed by atoms with Crippen molar-refractivity contribution in [2.45, 2.75) is 26.3 Å². The first-order chi connectivity index (χ1) is 14.0. The summed E-state index contributed by atoms with van der Waals surface area (Å²) in [7, 11) is 1.60. The number of carbonyl (C=O) groups excluding carboxylic acids is 2. The highest BCUT2D eigenvalue weighted by Gasteiger charge is 2.20. The van der Waals surface area contributed by atoms with Gasteiger partial charge in [0.1, 0.15) is 5.82 Å². The average molecular weight is 440 g/mol. The molecule has 1 aromatic carbocycles. The van der Waals surface area contributed by atoms with Gasteiger partial charge in [-0.2, -0.15) is 4.99 Å². The predicted octanol–water partition coefficient (Wildman–Crippen LogP) is 2.91. The number of thiazole rings is 1. The Kier molecular flexibility index (Phi) is 7.85. The van der Waals surface area contributed by atoms with Gasteiger partial charge < -0.3 is 14.2 Å². The maximum absolute atomic E-state index is 13.5. The van der Waals surface area contributed by atoms with E-state index in [2.05, 4.69) is 11.9 Å². The zero-order chi connectivity index (χ0) is 20.8. The normalized spacial score (nSPS) is 16.0. The molecule has 1 fully saturated rings. The minimum Gasteiger partial charge on any atom is -0.383 e. The Hall–Kier alpha value is -1.71. The van der Waals surface area contributed by atoms with Gasteiger partial charge in [0.15, 0.2) is 4.80 Å². The van der Waals surface area contributed by atoms with Crippen molar-refractivity contribution in [2.24, 2.45) is 10.9 Å². The number of ether oxygens (including phenoxy) is 1. The molecule has 29 heavy (non-hydrogen) atoms. The van der Waals surface area contributed by atoms with Crippen LogP contribution in [0.25, 0.3) is 10.2 Å². The summed E-state index contributed by atoms with van der Waals surface area (Å²) in [6.45, 7) is 4.79. The molecule has 0 atom stereocenters. The Bertz CT molecular complexity index is 933. The maximum atomic E-state index is 13.5. The van der Waals surface area contributed by atoms with Gasteiger partial charge in [0.05, 0.1) is 28.3 Å². The van der Waals surface area contributed by atoms with Gasteiger partial charge in [0.2, 0.25) is 5.91 Å². The largest absolute Gasteiger partial charge is 0.383 e. The molecule has 2 heterocycles. The predicted molar refractivity (Wildman–Crippen MR) is 115 cm³/mol. The van der Waals surface area contributed by atoms with E-state index in [0.29, 0.717) is 23.9 Å². The highest BCUT2D eigenvalue weighted by atomic mass is 32.2. The van der Waals surface area contributed by atoms with E-state index in [0.717, 1.165) is 36.1 Å². The van der Waals surface area contributed by atoms with Crippen LogP contribution in [0.3, 0.4) is 0 Å². The van der Waals surface area contributed by atoms with Gasteiger partial charge in [-0.15, -0.1) is 11.8 Å². The lowest BCUT2D eigenvalue weighted by molar-refractivity contribution is -0.129. The Labute approximate surface area is 177 Å². The lowest BCUT2D eigenvalue weighted by Gasteiger charge is -2.30. The zero-order valence-corrected chi connectivity index (χ0v) is 18.4. The number of benzene rings is 1. The molecule has 1 aliphatic heterocycles. The quantitative estimate of drug-likeness (QED) is 0.666. The third-order valence-electron chi connectivity index (χ3n) is 4.97. The molecular weight excluding hydrogens is 413 g/mol. The number of halogens is 1. The molecule has 0 aliphatic carbocycles. The van der Waals surface area contributed by atoms with Crippen LogP contribution in [0.5, 0.6) is 0 Å². The van der Waals surface area contributed by atoms with Crippen LogP contribution in [0.15, 0.2) is 23.2 Å². The van der Waals surface area contributed by atoms with Crippen molar-refractivity contribution in [3.05, 3.63) is 28.8 Å². The molecule has 9 heteroatoms. The van der Waals surface area contributed by atoms with E-state index in [1.165, 1.54) is 35.2 Å². The SMILES string of the molecule is COCCn1c(=NC(=O)CSCC(=O)N2CCC(C)CC2)sc2cc(F)ccc21. The summed E-state index contributed by atoms with van der Waals surface area (Å²) in [5.74, 6) is 0.568. The van der Waals surface area contributed by atoms with Crippen LogP contribution in [0.1, 0.15) is 19.8 Å². The second-order valence-electron chi connectivity index (χ2n) is 7.20. The van der Waals surface area contributed by atoms with E-state index in [9.17, 15) is 14.0 Å². The maximum Gasteiger partial charge on any atom is 0.258 e. The number of aromatic nitrogens is 1. The smallest absolute Gasteiger partial charge is 0.258 e. The molecule has 1 aliphatic rings. The van der Waals surface area contributed by atoms with Crippen molar-refractivity contribution < 1.29 is 18.7 Å². The molecule has 1 aromatic heterocycles. The molecule has 2 aromatic rings. The van der Waals surface area contributed by atoms with Gasteiger partial charge in [-0.3, -0.25) is 9.59 Å². The molecule has 0 radical (unpaired) electrons. The Morgan fingerprint density at radius 3 is 2.79 bits per heavy atom. The van der Waals surface area contributed by atoms with Gasteiger partial charge >= 0.3 is 0 Å². The number of likely N-dealkylation sites (tertiary alicyclic amines) is 1. The van der Waals surface area contributed by atoms with Gasteiger partial charge in [0.25, 0.3) is 5.91 Å². The lowest BCUT2D eigenvalue weighted by atomic mass is 9.99. The molecule has 3 rings (SSSR count). The van der Waals surface area contributed by atoms with Crippen molar-refractivity contribution in [1.29, 1.82) is 0 Å². The monoisotopic (exact) mass is 439 g/mol. The van der Waals surface area contributed by atoms with E-state index in [4.69, 9.17) is 4.74 Å². The number of amides is 2. The van der Waals surface area contributed by atoms with Crippen molar-refractivity contribution in [3.63, 3.8) is 0 Å². The number of fused-ring (bicyclic) bond motifs is 1. The first-order valence-electron chi connectivity index (χ1n) is 9.69. The number of rotatable bonds is 7. The molecule has 0 saturated carbocycles. The fourth-order valence-corrected chi connectivity index (χ4v) is 5.04. The number of nitrogens with zero attached hydrogens (tertiary/aromatic N) is 3. The summed E-state index contributed by atoms with van der Waals surface area (Å²) < 4.78 is 21.3. The highest BCUT2D eigenvalue weighted by Crippen LogP contribution is 2.19. The van der Waals surface area contributed by atoms with E-state index in [-0.39, 0.29) is 29.1 Å². The molecule has 2 amide bonds. The van der Waals surface area contributed by atoms with Crippen molar-refractivity contribution >= 4 is 45.1 Å². The number of hydrogen-bond acceptors (Lipinski definition) is 5. The first-order valence-corrected chi connectivity index (χ1v) is 11.7. The number of hydrogen-bond donors (Lipinski definition) is 0. The van der Waals surface area contributed by atoms with E-state index in [1.807, 2.05) is 9.47 Å². The molecule has 158 valence electrons. The highest BCUT2D eigenvalue weighted by molar-refractivity contribution is 8.00. The van der Waals surface area contributed by atoms with Gasteiger partial charge in [0, 0.05) is 26.7 Å². The molecule has 6 nitrogen and oxygen atoms in total. The third kappa shape index (κ3) is 5.90. The Morgan fingerprint density at radius 2 is 2.07 bits per heavy atom. The first kappa shape index (κ1) is 22.0. The molecule has 0 N–H and O–H groups in total. The number of carbonyl (C=O) groups is 2. The summed E-state index contributed by atoms with van der Waals surface area (Å²) in [5.41, 5.74) is 0.821. The van der Waals surface area contributed by atoms with Crippen LogP contribution in [0, 0.1) is 11.7 Å². The molecule has 1 saturated heterocycles. The van der Waals surface area contributed by atoms with Crippen molar-refractivity contribution in [1.82, 2.24) is 9.47 Å². The summed E-state index contributed by atoms with van der Waals surface area (Å²) in [5, 5.41) is 0. The molecular formula is C20H26FN3O3S2. The number of methoxy groups -OCH3 is 1. The summed E-state index contributed by atoms with van der Waals surface area (Å²) in [4.78, 5) is 31.3. The van der Waals surface area contributed by atoms with Crippen LogP contribution in [0.2, 0.25) is 0 Å². The van der Waals surface area contributed by atoms with Crippen molar-refractivity contribution in [3.8, 4) is 0 Å². The molecule has 0 spiro atoms. The van der Waals surface area contributed by atoms with Crippen LogP contribution >= 0.6 is 23.1 Å². The minimum absolute atomic E-state index is 0.0854. The summed E-state index contributed by atoms with van der Waals surface area (Å²) >= 11 is 2.57. The fraction of sp³-hybridized carbons (Fsp3) is 0.550. The standard InChI is InChI=1S/C20H26FN3O3S2/c1-14-5-7-23(8-6-14)19(26)13-28-12-18(25)22-20-24(9-10-27-2)16-4-3-15(21)11-17(16)29-20/h3-4,11,14H,5-10,12-13H2,1-2H3. The Balaban J connectivity index is 1.63. The van der Waals surface area contributed by atoms with E-state index >= 15 is 0 Å². The second-order valence-corrected chi connectivity index (χ2v) is 9.20. The lowest BCUT2D eigenvalue weighted by Crippen LogP contribution is -2.39.